The van der Waals surface area contributed by atoms with Crippen molar-refractivity contribution >= 4 is 37.2 Å². The number of amides is 1. The van der Waals surface area contributed by atoms with Crippen molar-refractivity contribution in [3.63, 3.8) is 0 Å². The van der Waals surface area contributed by atoms with Gasteiger partial charge < -0.3 is 39.6 Å². The van der Waals surface area contributed by atoms with Crippen molar-refractivity contribution in [2.75, 3.05) is 25.6 Å². The SMILES string of the molecule is COc1cc(C(=O)OC[C@H]2O[C@@H](OCC[Si](C)(C)C)[C@H](O)[C@@H](O)[C@@H]2O)cc(Cl)c1NC(=O)c1ccccc1. The maximum Gasteiger partial charge on any atom is 0.338 e. The Bertz CT molecular complexity index is 1110. The number of ether oxygens (including phenoxy) is 4. The number of aliphatic hydroxyl groups is 3. The average Bonchev–Trinajstić information content (AvgIpc) is 2.88. The minimum Gasteiger partial charge on any atom is -0.494 e. The molecule has 3 rings (SSSR count). The number of halogens is 1. The van der Waals surface area contributed by atoms with Gasteiger partial charge in [0.05, 0.1) is 17.7 Å². The van der Waals surface area contributed by atoms with Crippen LogP contribution in [-0.2, 0) is 14.2 Å². The van der Waals surface area contributed by atoms with Crippen LogP contribution in [0.1, 0.15) is 20.7 Å². The second-order valence-electron chi connectivity index (χ2n) is 10.2. The Morgan fingerprint density at radius 1 is 1.03 bits per heavy atom. The lowest BCUT2D eigenvalue weighted by atomic mass is 9.99. The summed E-state index contributed by atoms with van der Waals surface area (Å²) in [6.45, 7) is 6.39. The number of carbonyl (C=O) groups is 2. The molecule has 0 aliphatic carbocycles. The van der Waals surface area contributed by atoms with Crippen molar-refractivity contribution in [3.8, 4) is 5.75 Å². The Kier molecular flexibility index (Phi) is 10.3. The smallest absolute Gasteiger partial charge is 0.338 e. The van der Waals surface area contributed by atoms with Crippen LogP contribution in [0.3, 0.4) is 0 Å². The zero-order valence-electron chi connectivity index (χ0n) is 21.7. The zero-order chi connectivity index (χ0) is 28.0. The molecule has 1 fully saturated rings. The largest absolute Gasteiger partial charge is 0.494 e. The standard InChI is InChI=1S/C26H34ClNO9Si/c1-34-18-13-16(12-17(27)20(18)28-24(32)15-8-6-5-7-9-15)25(33)36-14-19-21(29)22(30)23(31)26(37-19)35-10-11-38(2,3)4/h5-9,12-13,19,21-23,26,29-31H,10-11,14H2,1-4H3,(H,28,32)/t19-,21-,22+,23-,26-/m1/s1. The van der Waals surface area contributed by atoms with E-state index in [1.807, 2.05) is 0 Å². The van der Waals surface area contributed by atoms with Crippen LogP contribution in [0.4, 0.5) is 5.69 Å². The van der Waals surface area contributed by atoms with E-state index in [0.717, 1.165) is 6.04 Å². The van der Waals surface area contributed by atoms with Gasteiger partial charge in [-0.3, -0.25) is 4.79 Å². The van der Waals surface area contributed by atoms with Gasteiger partial charge in [-0.25, -0.2) is 4.79 Å². The lowest BCUT2D eigenvalue weighted by molar-refractivity contribution is -0.299. The fourth-order valence-electron chi connectivity index (χ4n) is 3.67. The van der Waals surface area contributed by atoms with Gasteiger partial charge in [0.1, 0.15) is 42.5 Å². The summed E-state index contributed by atoms with van der Waals surface area (Å²) in [4.78, 5) is 25.3. The molecular formula is C26H34ClNO9Si. The van der Waals surface area contributed by atoms with Crippen molar-refractivity contribution in [2.24, 2.45) is 0 Å². The molecular weight excluding hydrogens is 534 g/mol. The first kappa shape index (κ1) is 30.0. The number of benzene rings is 2. The third kappa shape index (κ3) is 7.76. The molecule has 1 amide bonds. The van der Waals surface area contributed by atoms with Gasteiger partial charge in [-0.1, -0.05) is 49.4 Å². The quantitative estimate of drug-likeness (QED) is 0.251. The molecule has 0 unspecified atom stereocenters. The highest BCUT2D eigenvalue weighted by atomic mass is 35.5. The minimum absolute atomic E-state index is 0.0263. The molecule has 38 heavy (non-hydrogen) atoms. The molecule has 10 nitrogen and oxygen atoms in total. The highest BCUT2D eigenvalue weighted by Gasteiger charge is 2.45. The Hall–Kier alpha value is -2.51. The molecule has 12 heteroatoms. The Labute approximate surface area is 227 Å². The van der Waals surface area contributed by atoms with Crippen LogP contribution in [0.5, 0.6) is 5.75 Å². The molecule has 5 atom stereocenters. The lowest BCUT2D eigenvalue weighted by Gasteiger charge is -2.40. The van der Waals surface area contributed by atoms with E-state index in [1.165, 1.54) is 19.2 Å². The summed E-state index contributed by atoms with van der Waals surface area (Å²) in [6, 6.07) is 12.0. The topological polar surface area (TPSA) is 144 Å². The van der Waals surface area contributed by atoms with E-state index < -0.39 is 57.3 Å². The first-order chi connectivity index (χ1) is 17.9. The van der Waals surface area contributed by atoms with Gasteiger partial charge in [0.15, 0.2) is 6.29 Å². The second kappa shape index (κ2) is 13.0. The highest BCUT2D eigenvalue weighted by Crippen LogP contribution is 2.35. The molecule has 1 aliphatic heterocycles. The van der Waals surface area contributed by atoms with Gasteiger partial charge in [0, 0.05) is 20.2 Å². The number of methoxy groups -OCH3 is 1. The molecule has 2 aromatic rings. The number of carbonyl (C=O) groups excluding carboxylic acids is 2. The third-order valence-electron chi connectivity index (χ3n) is 5.97. The molecule has 0 radical (unpaired) electrons. The van der Waals surface area contributed by atoms with Crippen molar-refractivity contribution in [1.29, 1.82) is 0 Å². The van der Waals surface area contributed by atoms with E-state index in [2.05, 4.69) is 25.0 Å². The van der Waals surface area contributed by atoms with Gasteiger partial charge >= 0.3 is 5.97 Å². The summed E-state index contributed by atoms with van der Waals surface area (Å²) in [7, 11) is -0.0485. The number of nitrogens with one attached hydrogen (secondary N) is 1. The maximum absolute atomic E-state index is 12.8. The van der Waals surface area contributed by atoms with Crippen molar-refractivity contribution < 1.29 is 43.9 Å². The number of anilines is 1. The molecule has 1 saturated heterocycles. The predicted molar refractivity (Wildman–Crippen MR) is 143 cm³/mol. The molecule has 0 saturated carbocycles. The van der Waals surface area contributed by atoms with Crippen LogP contribution in [0.2, 0.25) is 30.7 Å². The number of esters is 1. The van der Waals surface area contributed by atoms with Gasteiger partial charge in [0.25, 0.3) is 5.91 Å². The van der Waals surface area contributed by atoms with Gasteiger partial charge in [-0.2, -0.15) is 0 Å². The van der Waals surface area contributed by atoms with Gasteiger partial charge in [0.2, 0.25) is 0 Å². The number of hydrogen-bond donors (Lipinski definition) is 4. The van der Waals surface area contributed by atoms with Crippen LogP contribution in [-0.4, -0.2) is 86.3 Å². The van der Waals surface area contributed by atoms with Crippen LogP contribution in [0.25, 0.3) is 0 Å². The van der Waals surface area contributed by atoms with E-state index in [-0.39, 0.29) is 22.0 Å². The summed E-state index contributed by atoms with van der Waals surface area (Å²) < 4.78 is 21.9. The Balaban J connectivity index is 1.66. The first-order valence-electron chi connectivity index (χ1n) is 12.1. The molecule has 0 spiro atoms. The summed E-state index contributed by atoms with van der Waals surface area (Å²) >= 11 is 6.35. The number of rotatable bonds is 10. The lowest BCUT2D eigenvalue weighted by Crippen LogP contribution is -2.59. The van der Waals surface area contributed by atoms with Crippen LogP contribution in [0.15, 0.2) is 42.5 Å². The van der Waals surface area contributed by atoms with E-state index in [0.29, 0.717) is 12.2 Å². The van der Waals surface area contributed by atoms with Crippen molar-refractivity contribution in [3.05, 3.63) is 58.6 Å². The molecule has 2 aromatic carbocycles. The summed E-state index contributed by atoms with van der Waals surface area (Å²) in [6.07, 6.45) is -6.85. The monoisotopic (exact) mass is 567 g/mol. The first-order valence-corrected chi connectivity index (χ1v) is 16.2. The van der Waals surface area contributed by atoms with E-state index in [4.69, 9.17) is 30.5 Å². The van der Waals surface area contributed by atoms with Gasteiger partial charge in [-0.15, -0.1) is 0 Å². The molecule has 208 valence electrons. The third-order valence-corrected chi connectivity index (χ3v) is 7.97. The number of hydrogen-bond acceptors (Lipinski definition) is 9. The van der Waals surface area contributed by atoms with E-state index >= 15 is 0 Å². The molecule has 4 N–H and O–H groups in total. The molecule has 0 aromatic heterocycles. The summed E-state index contributed by atoms with van der Waals surface area (Å²) in [5.74, 6) is -1.08. The maximum atomic E-state index is 12.8. The number of aliphatic hydroxyl groups excluding tert-OH is 3. The van der Waals surface area contributed by atoms with Crippen molar-refractivity contribution in [2.45, 2.75) is 56.4 Å². The van der Waals surface area contributed by atoms with Crippen molar-refractivity contribution in [1.82, 2.24) is 0 Å². The highest BCUT2D eigenvalue weighted by molar-refractivity contribution is 6.76. The van der Waals surface area contributed by atoms with Crippen LogP contribution in [0, 0.1) is 0 Å². The molecule has 1 heterocycles. The van der Waals surface area contributed by atoms with Crippen LogP contribution < -0.4 is 10.1 Å². The summed E-state index contributed by atoms with van der Waals surface area (Å²) in [5.41, 5.74) is 0.620. The average molecular weight is 568 g/mol. The minimum atomic E-state index is -1.55. The normalized spacial score (nSPS) is 23.5. The second-order valence-corrected chi connectivity index (χ2v) is 16.2. The van der Waals surface area contributed by atoms with E-state index in [9.17, 15) is 24.9 Å². The predicted octanol–water partition coefficient (Wildman–Crippen LogP) is 2.92. The zero-order valence-corrected chi connectivity index (χ0v) is 23.5. The van der Waals surface area contributed by atoms with E-state index in [1.54, 1.807) is 30.3 Å². The van der Waals surface area contributed by atoms with Crippen LogP contribution >= 0.6 is 11.6 Å². The van der Waals surface area contributed by atoms with Gasteiger partial charge in [-0.05, 0) is 30.3 Å². The summed E-state index contributed by atoms with van der Waals surface area (Å²) in [5, 5.41) is 33.6. The molecule has 0 bridgehead atoms. The Morgan fingerprint density at radius 2 is 1.71 bits per heavy atom. The fraction of sp³-hybridized carbons (Fsp3) is 0.462. The Morgan fingerprint density at radius 3 is 2.34 bits per heavy atom. The fourth-order valence-corrected chi connectivity index (χ4v) is 4.66. The molecule has 1 aliphatic rings.